The second-order valence-corrected chi connectivity index (χ2v) is 5.11. The van der Waals surface area contributed by atoms with Gasteiger partial charge in [-0.2, -0.15) is 0 Å². The van der Waals surface area contributed by atoms with Crippen molar-refractivity contribution in [2.24, 2.45) is 0 Å². The summed E-state index contributed by atoms with van der Waals surface area (Å²) in [5, 5.41) is 3.33. The smallest absolute Gasteiger partial charge is 0.254 e. The first kappa shape index (κ1) is 12.9. The summed E-state index contributed by atoms with van der Waals surface area (Å²) in [4.78, 5) is 14.3. The number of fused-ring (bicyclic) bond motifs is 1. The SMILES string of the molecule is CN(Cc1ccco1)C(=O)c1cccc2c1CCNC2. The van der Waals surface area contributed by atoms with Gasteiger partial charge in [-0.25, -0.2) is 0 Å². The summed E-state index contributed by atoms with van der Waals surface area (Å²) in [5.41, 5.74) is 3.23. The number of furan rings is 1. The fourth-order valence-corrected chi connectivity index (χ4v) is 2.65. The number of nitrogens with one attached hydrogen (secondary N) is 1. The lowest BCUT2D eigenvalue weighted by atomic mass is 9.95. The predicted molar refractivity (Wildman–Crippen MR) is 76.4 cm³/mol. The van der Waals surface area contributed by atoms with E-state index in [0.717, 1.165) is 30.8 Å². The minimum absolute atomic E-state index is 0.0557. The standard InChI is InChI=1S/C16H18N2O2/c1-18(11-13-5-3-9-20-13)16(19)15-6-2-4-12-10-17-8-7-14(12)15/h2-6,9,17H,7-8,10-11H2,1H3. The molecule has 4 nitrogen and oxygen atoms in total. The van der Waals surface area contributed by atoms with Gasteiger partial charge in [-0.3, -0.25) is 4.79 Å². The van der Waals surface area contributed by atoms with Crippen molar-refractivity contribution in [3.05, 3.63) is 59.0 Å². The average Bonchev–Trinajstić information content (AvgIpc) is 2.99. The molecule has 2 heterocycles. The third-order valence-corrected chi connectivity index (χ3v) is 3.69. The van der Waals surface area contributed by atoms with Crippen LogP contribution in [0, 0.1) is 0 Å². The molecule has 1 N–H and O–H groups in total. The highest BCUT2D eigenvalue weighted by atomic mass is 16.3. The van der Waals surface area contributed by atoms with Crippen LogP contribution in [0.15, 0.2) is 41.0 Å². The van der Waals surface area contributed by atoms with Crippen molar-refractivity contribution in [3.8, 4) is 0 Å². The summed E-state index contributed by atoms with van der Waals surface area (Å²) >= 11 is 0. The van der Waals surface area contributed by atoms with E-state index >= 15 is 0 Å². The van der Waals surface area contributed by atoms with E-state index in [9.17, 15) is 4.79 Å². The average molecular weight is 270 g/mol. The van der Waals surface area contributed by atoms with Gasteiger partial charge in [0.25, 0.3) is 5.91 Å². The molecular formula is C16H18N2O2. The van der Waals surface area contributed by atoms with Crippen molar-refractivity contribution in [2.75, 3.05) is 13.6 Å². The van der Waals surface area contributed by atoms with Crippen LogP contribution < -0.4 is 5.32 Å². The molecule has 3 rings (SSSR count). The van der Waals surface area contributed by atoms with Gasteiger partial charge in [0, 0.05) is 19.2 Å². The van der Waals surface area contributed by atoms with Gasteiger partial charge in [0.2, 0.25) is 0 Å². The minimum Gasteiger partial charge on any atom is -0.467 e. The number of carbonyl (C=O) groups is 1. The first-order valence-electron chi connectivity index (χ1n) is 6.85. The van der Waals surface area contributed by atoms with Gasteiger partial charge in [0.05, 0.1) is 12.8 Å². The van der Waals surface area contributed by atoms with Gasteiger partial charge >= 0.3 is 0 Å². The van der Waals surface area contributed by atoms with Gasteiger partial charge in [0.1, 0.15) is 5.76 Å². The Bertz CT molecular complexity index is 605. The molecule has 4 heteroatoms. The molecule has 0 saturated heterocycles. The fourth-order valence-electron chi connectivity index (χ4n) is 2.65. The van der Waals surface area contributed by atoms with Crippen LogP contribution in [0.1, 0.15) is 27.2 Å². The summed E-state index contributed by atoms with van der Waals surface area (Å²) < 4.78 is 5.30. The lowest BCUT2D eigenvalue weighted by Gasteiger charge is -2.22. The van der Waals surface area contributed by atoms with Crippen molar-refractivity contribution >= 4 is 5.91 Å². The molecule has 0 unspecified atom stereocenters. The number of hydrogen-bond acceptors (Lipinski definition) is 3. The molecule has 1 aliphatic rings. The molecule has 1 aliphatic heterocycles. The van der Waals surface area contributed by atoms with Crippen molar-refractivity contribution in [2.45, 2.75) is 19.5 Å². The molecule has 1 amide bonds. The van der Waals surface area contributed by atoms with E-state index < -0.39 is 0 Å². The number of amides is 1. The van der Waals surface area contributed by atoms with Crippen LogP contribution in [-0.4, -0.2) is 24.4 Å². The molecular weight excluding hydrogens is 252 g/mol. The molecule has 20 heavy (non-hydrogen) atoms. The highest BCUT2D eigenvalue weighted by Crippen LogP contribution is 2.20. The van der Waals surface area contributed by atoms with Gasteiger partial charge in [-0.05, 0) is 42.3 Å². The summed E-state index contributed by atoms with van der Waals surface area (Å²) in [6, 6.07) is 9.69. The number of rotatable bonds is 3. The van der Waals surface area contributed by atoms with E-state index in [1.54, 1.807) is 11.2 Å². The molecule has 0 saturated carbocycles. The molecule has 2 aromatic rings. The zero-order chi connectivity index (χ0) is 13.9. The Balaban J connectivity index is 1.83. The third kappa shape index (κ3) is 2.47. The quantitative estimate of drug-likeness (QED) is 0.930. The predicted octanol–water partition coefficient (Wildman–Crippen LogP) is 2.20. The van der Waals surface area contributed by atoms with Crippen LogP contribution in [0.25, 0.3) is 0 Å². The van der Waals surface area contributed by atoms with E-state index in [1.165, 1.54) is 11.1 Å². The lowest BCUT2D eigenvalue weighted by Crippen LogP contribution is -2.30. The molecule has 104 valence electrons. The van der Waals surface area contributed by atoms with Gasteiger partial charge in [-0.1, -0.05) is 12.1 Å². The largest absolute Gasteiger partial charge is 0.467 e. The van der Waals surface area contributed by atoms with Crippen molar-refractivity contribution in [1.29, 1.82) is 0 Å². The summed E-state index contributed by atoms with van der Waals surface area (Å²) in [6.07, 6.45) is 2.54. The maximum absolute atomic E-state index is 12.6. The number of benzene rings is 1. The Kier molecular flexibility index (Phi) is 3.56. The summed E-state index contributed by atoms with van der Waals surface area (Å²) in [7, 11) is 1.81. The fraction of sp³-hybridized carbons (Fsp3) is 0.312. The second kappa shape index (κ2) is 5.51. The maximum atomic E-state index is 12.6. The van der Waals surface area contributed by atoms with E-state index in [0.29, 0.717) is 6.54 Å². The number of carbonyl (C=O) groups excluding carboxylic acids is 1. The monoisotopic (exact) mass is 270 g/mol. The van der Waals surface area contributed by atoms with Crippen LogP contribution >= 0.6 is 0 Å². The number of hydrogen-bond donors (Lipinski definition) is 1. The maximum Gasteiger partial charge on any atom is 0.254 e. The molecule has 1 aromatic carbocycles. The Morgan fingerprint density at radius 1 is 1.35 bits per heavy atom. The van der Waals surface area contributed by atoms with E-state index in [4.69, 9.17) is 4.42 Å². The van der Waals surface area contributed by atoms with Crippen LogP contribution in [0.3, 0.4) is 0 Å². The van der Waals surface area contributed by atoms with Crippen LogP contribution in [0.2, 0.25) is 0 Å². The molecule has 0 aliphatic carbocycles. The first-order chi connectivity index (χ1) is 9.75. The molecule has 0 fully saturated rings. The first-order valence-corrected chi connectivity index (χ1v) is 6.85. The van der Waals surface area contributed by atoms with Gasteiger partial charge in [0.15, 0.2) is 0 Å². The highest BCUT2D eigenvalue weighted by molar-refractivity contribution is 5.95. The summed E-state index contributed by atoms with van der Waals surface area (Å²) in [6.45, 7) is 2.27. The summed E-state index contributed by atoms with van der Waals surface area (Å²) in [5.74, 6) is 0.854. The van der Waals surface area contributed by atoms with Crippen LogP contribution in [0.4, 0.5) is 0 Å². The zero-order valence-corrected chi connectivity index (χ0v) is 11.6. The normalized spacial score (nSPS) is 13.8. The molecule has 0 radical (unpaired) electrons. The van der Waals surface area contributed by atoms with Gasteiger partial charge < -0.3 is 14.6 Å². The van der Waals surface area contributed by atoms with Crippen molar-refractivity contribution in [3.63, 3.8) is 0 Å². The minimum atomic E-state index is 0.0557. The lowest BCUT2D eigenvalue weighted by molar-refractivity contribution is 0.0774. The number of nitrogens with zero attached hydrogens (tertiary/aromatic N) is 1. The molecule has 1 aromatic heterocycles. The molecule has 0 bridgehead atoms. The topological polar surface area (TPSA) is 45.5 Å². The van der Waals surface area contributed by atoms with E-state index in [-0.39, 0.29) is 5.91 Å². The van der Waals surface area contributed by atoms with Gasteiger partial charge in [-0.15, -0.1) is 0 Å². The highest BCUT2D eigenvalue weighted by Gasteiger charge is 2.20. The third-order valence-electron chi connectivity index (χ3n) is 3.69. The Hall–Kier alpha value is -2.07. The zero-order valence-electron chi connectivity index (χ0n) is 11.6. The molecule has 0 spiro atoms. The molecule has 0 atom stereocenters. The van der Waals surface area contributed by atoms with Crippen molar-refractivity contribution < 1.29 is 9.21 Å². The van der Waals surface area contributed by atoms with Crippen LogP contribution in [0.5, 0.6) is 0 Å². The Labute approximate surface area is 118 Å². The second-order valence-electron chi connectivity index (χ2n) is 5.11. The van der Waals surface area contributed by atoms with Crippen LogP contribution in [-0.2, 0) is 19.5 Å². The Morgan fingerprint density at radius 2 is 2.25 bits per heavy atom. The van der Waals surface area contributed by atoms with Crippen molar-refractivity contribution in [1.82, 2.24) is 10.2 Å². The Morgan fingerprint density at radius 3 is 3.05 bits per heavy atom. The van der Waals surface area contributed by atoms with E-state index in [2.05, 4.69) is 11.4 Å². The van der Waals surface area contributed by atoms with E-state index in [1.807, 2.05) is 31.3 Å².